The van der Waals surface area contributed by atoms with Gasteiger partial charge in [0.15, 0.2) is 0 Å². The fourth-order valence-electron chi connectivity index (χ4n) is 3.05. The van der Waals surface area contributed by atoms with Gasteiger partial charge in [-0.2, -0.15) is 0 Å². The molecule has 1 saturated carbocycles. The lowest BCUT2D eigenvalue weighted by atomic mass is 9.98. The third kappa shape index (κ3) is 5.41. The van der Waals surface area contributed by atoms with Crippen molar-refractivity contribution in [3.63, 3.8) is 0 Å². The van der Waals surface area contributed by atoms with Crippen LogP contribution in [-0.2, 0) is 4.79 Å². The Kier molecular flexibility index (Phi) is 6.30. The summed E-state index contributed by atoms with van der Waals surface area (Å²) in [6.07, 6.45) is 7.30. The summed E-state index contributed by atoms with van der Waals surface area (Å²) in [5.74, 6) is 0.930. The Balaban J connectivity index is 1.67. The predicted octanol–water partition coefficient (Wildman–Crippen LogP) is 1.76. The summed E-state index contributed by atoms with van der Waals surface area (Å²) in [6, 6.07) is 1.14. The minimum atomic E-state index is 0.203. The van der Waals surface area contributed by atoms with Gasteiger partial charge in [-0.3, -0.25) is 9.69 Å². The quantitative estimate of drug-likeness (QED) is 0.712. The molecule has 116 valence electrons. The first-order valence-electron chi connectivity index (χ1n) is 8.46. The average molecular weight is 281 g/mol. The lowest BCUT2D eigenvalue weighted by Gasteiger charge is -2.32. The molecule has 0 radical (unpaired) electrons. The number of piperidine rings is 1. The molecule has 1 aliphatic heterocycles. The molecule has 0 aromatic carbocycles. The molecule has 0 spiro atoms. The number of carbonyl (C=O) groups excluding carboxylic acids is 1. The maximum Gasteiger partial charge on any atom is 0.234 e. The van der Waals surface area contributed by atoms with Crippen LogP contribution in [0.25, 0.3) is 0 Å². The zero-order chi connectivity index (χ0) is 14.4. The van der Waals surface area contributed by atoms with E-state index in [0.29, 0.717) is 12.6 Å². The average Bonchev–Trinajstić information content (AvgIpc) is 3.27. The SMILES string of the molecule is CCC(CC)NC(=O)CN1CCCC(CNC2CC2)C1. The van der Waals surface area contributed by atoms with E-state index in [-0.39, 0.29) is 5.91 Å². The van der Waals surface area contributed by atoms with Crippen LogP contribution in [0.3, 0.4) is 0 Å². The molecular formula is C16H31N3O. The molecule has 1 unspecified atom stereocenters. The summed E-state index contributed by atoms with van der Waals surface area (Å²) in [4.78, 5) is 14.4. The van der Waals surface area contributed by atoms with Crippen LogP contribution in [0.5, 0.6) is 0 Å². The molecule has 1 amide bonds. The van der Waals surface area contributed by atoms with Gasteiger partial charge < -0.3 is 10.6 Å². The summed E-state index contributed by atoms with van der Waals surface area (Å²) in [7, 11) is 0. The summed E-state index contributed by atoms with van der Waals surface area (Å²) in [5.41, 5.74) is 0. The van der Waals surface area contributed by atoms with E-state index in [4.69, 9.17) is 0 Å². The number of nitrogens with zero attached hydrogens (tertiary/aromatic N) is 1. The number of carbonyl (C=O) groups is 1. The van der Waals surface area contributed by atoms with Gasteiger partial charge in [0.05, 0.1) is 6.54 Å². The van der Waals surface area contributed by atoms with Gasteiger partial charge in [-0.05, 0) is 57.5 Å². The Hall–Kier alpha value is -0.610. The second-order valence-corrected chi connectivity index (χ2v) is 6.51. The van der Waals surface area contributed by atoms with Gasteiger partial charge >= 0.3 is 0 Å². The van der Waals surface area contributed by atoms with Gasteiger partial charge in [0.25, 0.3) is 0 Å². The van der Waals surface area contributed by atoms with Gasteiger partial charge in [0.2, 0.25) is 5.91 Å². The van der Waals surface area contributed by atoms with Gasteiger partial charge in [-0.1, -0.05) is 13.8 Å². The molecule has 1 saturated heterocycles. The number of hydrogen-bond acceptors (Lipinski definition) is 3. The molecule has 0 aromatic heterocycles. The monoisotopic (exact) mass is 281 g/mol. The number of rotatable bonds is 8. The van der Waals surface area contributed by atoms with E-state index in [1.54, 1.807) is 0 Å². The molecule has 2 fully saturated rings. The molecule has 1 heterocycles. The lowest BCUT2D eigenvalue weighted by molar-refractivity contribution is -0.123. The number of hydrogen-bond donors (Lipinski definition) is 2. The minimum Gasteiger partial charge on any atom is -0.352 e. The largest absolute Gasteiger partial charge is 0.352 e. The van der Waals surface area contributed by atoms with Crippen molar-refractivity contribution >= 4 is 5.91 Å². The van der Waals surface area contributed by atoms with Gasteiger partial charge in [0.1, 0.15) is 0 Å². The van der Waals surface area contributed by atoms with Crippen molar-refractivity contribution in [1.82, 2.24) is 15.5 Å². The topological polar surface area (TPSA) is 44.4 Å². The summed E-state index contributed by atoms with van der Waals surface area (Å²) in [6.45, 7) is 8.14. The van der Waals surface area contributed by atoms with E-state index >= 15 is 0 Å². The lowest BCUT2D eigenvalue weighted by Crippen LogP contribution is -2.46. The van der Waals surface area contributed by atoms with Crippen molar-refractivity contribution in [3.8, 4) is 0 Å². The zero-order valence-corrected chi connectivity index (χ0v) is 13.2. The highest BCUT2D eigenvalue weighted by Gasteiger charge is 2.25. The molecule has 0 bridgehead atoms. The minimum absolute atomic E-state index is 0.203. The highest BCUT2D eigenvalue weighted by Crippen LogP contribution is 2.21. The Morgan fingerprint density at radius 1 is 1.25 bits per heavy atom. The van der Waals surface area contributed by atoms with Gasteiger partial charge in [-0.15, -0.1) is 0 Å². The van der Waals surface area contributed by atoms with E-state index in [1.807, 2.05) is 0 Å². The smallest absolute Gasteiger partial charge is 0.234 e. The molecule has 2 aliphatic rings. The fraction of sp³-hybridized carbons (Fsp3) is 0.938. The highest BCUT2D eigenvalue weighted by atomic mass is 16.2. The molecule has 4 heteroatoms. The van der Waals surface area contributed by atoms with E-state index in [2.05, 4.69) is 29.4 Å². The Morgan fingerprint density at radius 3 is 2.65 bits per heavy atom. The highest BCUT2D eigenvalue weighted by molar-refractivity contribution is 5.78. The van der Waals surface area contributed by atoms with E-state index < -0.39 is 0 Å². The van der Waals surface area contributed by atoms with Crippen LogP contribution >= 0.6 is 0 Å². The van der Waals surface area contributed by atoms with Crippen LogP contribution in [-0.4, -0.2) is 49.1 Å². The van der Waals surface area contributed by atoms with Crippen LogP contribution in [0.4, 0.5) is 0 Å². The second kappa shape index (κ2) is 7.99. The molecular weight excluding hydrogens is 250 g/mol. The standard InChI is InChI=1S/C16H31N3O/c1-3-14(4-2)18-16(20)12-19-9-5-6-13(11-19)10-17-15-7-8-15/h13-15,17H,3-12H2,1-2H3,(H,18,20). The van der Waals surface area contributed by atoms with Crippen LogP contribution in [0.15, 0.2) is 0 Å². The van der Waals surface area contributed by atoms with Crippen molar-refractivity contribution in [3.05, 3.63) is 0 Å². The zero-order valence-electron chi connectivity index (χ0n) is 13.2. The van der Waals surface area contributed by atoms with Crippen LogP contribution in [0.2, 0.25) is 0 Å². The maximum atomic E-state index is 12.1. The molecule has 2 N–H and O–H groups in total. The number of likely N-dealkylation sites (tertiary alicyclic amines) is 1. The number of nitrogens with one attached hydrogen (secondary N) is 2. The first-order chi connectivity index (χ1) is 9.71. The fourth-order valence-corrected chi connectivity index (χ4v) is 3.05. The third-order valence-corrected chi connectivity index (χ3v) is 4.59. The Bertz CT molecular complexity index is 300. The Morgan fingerprint density at radius 2 is 2.00 bits per heavy atom. The molecule has 20 heavy (non-hydrogen) atoms. The van der Waals surface area contributed by atoms with E-state index in [1.165, 1.54) is 25.7 Å². The van der Waals surface area contributed by atoms with Gasteiger partial charge in [-0.25, -0.2) is 0 Å². The normalized spacial score (nSPS) is 24.1. The van der Waals surface area contributed by atoms with Crippen molar-refractivity contribution in [2.75, 3.05) is 26.2 Å². The van der Waals surface area contributed by atoms with Crippen molar-refractivity contribution in [2.45, 2.75) is 64.5 Å². The number of amides is 1. The van der Waals surface area contributed by atoms with Crippen molar-refractivity contribution in [2.24, 2.45) is 5.92 Å². The van der Waals surface area contributed by atoms with Gasteiger partial charge in [0, 0.05) is 18.6 Å². The van der Waals surface area contributed by atoms with Crippen LogP contribution in [0.1, 0.15) is 52.4 Å². The van der Waals surface area contributed by atoms with Crippen LogP contribution in [0, 0.1) is 5.92 Å². The maximum absolute atomic E-state index is 12.1. The molecule has 2 rings (SSSR count). The van der Waals surface area contributed by atoms with Crippen molar-refractivity contribution in [1.29, 1.82) is 0 Å². The summed E-state index contributed by atoms with van der Waals surface area (Å²) >= 11 is 0. The van der Waals surface area contributed by atoms with Crippen LogP contribution < -0.4 is 10.6 Å². The molecule has 1 atom stereocenters. The third-order valence-electron chi connectivity index (χ3n) is 4.59. The Labute approximate surface area is 123 Å². The first kappa shape index (κ1) is 15.8. The summed E-state index contributed by atoms with van der Waals surface area (Å²) < 4.78 is 0. The molecule has 4 nitrogen and oxygen atoms in total. The van der Waals surface area contributed by atoms with E-state index in [0.717, 1.165) is 44.4 Å². The molecule has 0 aromatic rings. The molecule has 1 aliphatic carbocycles. The van der Waals surface area contributed by atoms with Crippen molar-refractivity contribution < 1.29 is 4.79 Å². The van der Waals surface area contributed by atoms with E-state index in [9.17, 15) is 4.79 Å². The second-order valence-electron chi connectivity index (χ2n) is 6.51. The summed E-state index contributed by atoms with van der Waals surface area (Å²) in [5, 5.41) is 6.77. The first-order valence-corrected chi connectivity index (χ1v) is 8.46. The predicted molar refractivity (Wildman–Crippen MR) is 82.7 cm³/mol.